The van der Waals surface area contributed by atoms with Gasteiger partial charge in [-0.25, -0.2) is 4.39 Å². The molecular formula is C11H3Br2ClF4N4O. The molecule has 0 spiro atoms. The quantitative estimate of drug-likeness (QED) is 0.499. The lowest BCUT2D eigenvalue weighted by molar-refractivity contribution is -0.137. The number of anilines is 1. The highest BCUT2D eigenvalue weighted by atomic mass is 79.9. The first kappa shape index (κ1) is 16.7. The van der Waals surface area contributed by atoms with Crippen LogP contribution in [0.4, 0.5) is 23.2 Å². The maximum atomic E-state index is 14.1. The zero-order chi connectivity index (χ0) is 17.2. The third kappa shape index (κ3) is 2.54. The summed E-state index contributed by atoms with van der Waals surface area (Å²) in [7, 11) is 0. The molecule has 1 aliphatic rings. The molecule has 122 valence electrons. The lowest BCUT2D eigenvalue weighted by atomic mass is 10.0. The Hall–Kier alpha value is -1.20. The Bertz CT molecular complexity index is 836. The van der Waals surface area contributed by atoms with Crippen LogP contribution in [-0.4, -0.2) is 20.9 Å². The first-order valence-electron chi connectivity index (χ1n) is 5.75. The van der Waals surface area contributed by atoms with E-state index in [1.807, 2.05) is 0 Å². The van der Waals surface area contributed by atoms with Gasteiger partial charge in [0, 0.05) is 5.56 Å². The Labute approximate surface area is 147 Å². The molecule has 1 aliphatic heterocycles. The molecule has 2 aromatic rings. The van der Waals surface area contributed by atoms with E-state index in [2.05, 4.69) is 47.4 Å². The summed E-state index contributed by atoms with van der Waals surface area (Å²) in [5, 5.41) is 9.26. The monoisotopic (exact) mass is 476 g/mol. The second-order valence-corrected chi connectivity index (χ2v) is 8.32. The second kappa shape index (κ2) is 5.15. The predicted molar refractivity (Wildman–Crippen MR) is 79.5 cm³/mol. The molecule has 0 saturated carbocycles. The molecule has 5 nitrogen and oxygen atoms in total. The summed E-state index contributed by atoms with van der Waals surface area (Å²) in [5.74, 6) is -2.02. The van der Waals surface area contributed by atoms with Gasteiger partial charge in [0.15, 0.2) is 8.39 Å². The van der Waals surface area contributed by atoms with E-state index in [1.165, 1.54) is 0 Å². The molecular weight excluding hydrogens is 475 g/mol. The molecule has 1 aromatic carbocycles. The molecule has 12 heteroatoms. The number of rotatable bonds is 1. The van der Waals surface area contributed by atoms with Crippen LogP contribution in [0.2, 0.25) is 5.15 Å². The number of carbonyl (C=O) groups is 1. The fourth-order valence-corrected chi connectivity index (χ4v) is 3.23. The minimum Gasteiger partial charge on any atom is -0.321 e. The maximum absolute atomic E-state index is 14.1. The standard InChI is InChI=1S/C11H3Br2ClF4N4O/c12-10(13)6-7(20-9(10)23)4(15)1-3(11(16,17)18)8(6)22-19-2-5(14)21-22/h1-2H,(H,20,23). The van der Waals surface area contributed by atoms with Crippen LogP contribution in [0, 0.1) is 5.82 Å². The molecule has 0 bridgehead atoms. The van der Waals surface area contributed by atoms with E-state index >= 15 is 0 Å². The van der Waals surface area contributed by atoms with Crippen LogP contribution < -0.4 is 5.32 Å². The summed E-state index contributed by atoms with van der Waals surface area (Å²) in [5.41, 5.74) is -2.70. The van der Waals surface area contributed by atoms with Crippen molar-refractivity contribution < 1.29 is 22.4 Å². The van der Waals surface area contributed by atoms with Crippen LogP contribution in [-0.2, 0) is 14.2 Å². The van der Waals surface area contributed by atoms with Crippen molar-refractivity contribution in [1.82, 2.24) is 15.0 Å². The van der Waals surface area contributed by atoms with Gasteiger partial charge in [0.25, 0.3) is 5.91 Å². The normalized spacial score (nSPS) is 16.4. The van der Waals surface area contributed by atoms with Crippen molar-refractivity contribution in [2.24, 2.45) is 0 Å². The molecule has 1 N–H and O–H groups in total. The Kier molecular flexibility index (Phi) is 3.73. The second-order valence-electron chi connectivity index (χ2n) is 4.49. The highest BCUT2D eigenvalue weighted by molar-refractivity contribution is 9.25. The number of hydrogen-bond donors (Lipinski definition) is 1. The lowest BCUT2D eigenvalue weighted by Gasteiger charge is -2.19. The number of nitrogens with one attached hydrogen (secondary N) is 1. The zero-order valence-corrected chi connectivity index (χ0v) is 14.5. The number of benzene rings is 1. The Morgan fingerprint density at radius 2 is 2.00 bits per heavy atom. The van der Waals surface area contributed by atoms with Crippen molar-refractivity contribution in [3.05, 3.63) is 34.4 Å². The third-order valence-electron chi connectivity index (χ3n) is 3.06. The molecule has 0 unspecified atom stereocenters. The van der Waals surface area contributed by atoms with Gasteiger partial charge in [0.2, 0.25) is 0 Å². The molecule has 0 aliphatic carbocycles. The average molecular weight is 478 g/mol. The van der Waals surface area contributed by atoms with Gasteiger partial charge in [0.05, 0.1) is 17.4 Å². The van der Waals surface area contributed by atoms with Crippen molar-refractivity contribution >= 4 is 55.1 Å². The van der Waals surface area contributed by atoms with Gasteiger partial charge < -0.3 is 5.32 Å². The predicted octanol–water partition coefficient (Wildman–Crippen LogP) is 3.97. The van der Waals surface area contributed by atoms with Gasteiger partial charge in [-0.1, -0.05) is 43.5 Å². The summed E-state index contributed by atoms with van der Waals surface area (Å²) in [6.07, 6.45) is -3.89. The molecule has 1 aromatic heterocycles. The smallest absolute Gasteiger partial charge is 0.321 e. The fourth-order valence-electron chi connectivity index (χ4n) is 2.15. The van der Waals surface area contributed by atoms with E-state index in [-0.39, 0.29) is 16.8 Å². The summed E-state index contributed by atoms with van der Waals surface area (Å²) < 4.78 is 52.3. The number of hydrogen-bond acceptors (Lipinski definition) is 3. The first-order chi connectivity index (χ1) is 10.5. The maximum Gasteiger partial charge on any atom is 0.418 e. The zero-order valence-electron chi connectivity index (χ0n) is 10.6. The lowest BCUT2D eigenvalue weighted by Crippen LogP contribution is -2.23. The van der Waals surface area contributed by atoms with Gasteiger partial charge in [0.1, 0.15) is 11.5 Å². The third-order valence-corrected chi connectivity index (χ3v) is 4.75. The topological polar surface area (TPSA) is 59.8 Å². The van der Waals surface area contributed by atoms with Crippen molar-refractivity contribution in [2.75, 3.05) is 5.32 Å². The highest BCUT2D eigenvalue weighted by Crippen LogP contribution is 2.53. The SMILES string of the molecule is O=C1Nc2c(F)cc(C(F)(F)F)c(-n3ncc(Cl)n3)c2C1(Br)Br. The first-order valence-corrected chi connectivity index (χ1v) is 7.71. The average Bonchev–Trinajstić information content (AvgIpc) is 2.93. The summed E-state index contributed by atoms with van der Waals surface area (Å²) in [6.45, 7) is 0. The van der Waals surface area contributed by atoms with E-state index < -0.39 is 38.1 Å². The summed E-state index contributed by atoms with van der Waals surface area (Å²) >= 11 is 11.5. The Morgan fingerprint density at radius 1 is 1.35 bits per heavy atom. The van der Waals surface area contributed by atoms with Gasteiger partial charge in [-0.3, -0.25) is 4.79 Å². The minimum absolute atomic E-state index is 0.164. The number of fused-ring (bicyclic) bond motifs is 1. The molecule has 1 amide bonds. The van der Waals surface area contributed by atoms with Gasteiger partial charge in [-0.2, -0.15) is 18.3 Å². The highest BCUT2D eigenvalue weighted by Gasteiger charge is 2.50. The molecule has 0 fully saturated rings. The van der Waals surface area contributed by atoms with Crippen LogP contribution in [0.3, 0.4) is 0 Å². The van der Waals surface area contributed by atoms with Crippen LogP contribution in [0.5, 0.6) is 0 Å². The molecule has 23 heavy (non-hydrogen) atoms. The Morgan fingerprint density at radius 3 is 2.52 bits per heavy atom. The molecule has 0 radical (unpaired) electrons. The number of alkyl halides is 5. The van der Waals surface area contributed by atoms with E-state index in [0.717, 1.165) is 6.20 Å². The van der Waals surface area contributed by atoms with Crippen LogP contribution in [0.15, 0.2) is 12.3 Å². The van der Waals surface area contributed by atoms with E-state index in [9.17, 15) is 22.4 Å². The minimum atomic E-state index is -4.91. The number of nitrogens with zero attached hydrogens (tertiary/aromatic N) is 3. The van der Waals surface area contributed by atoms with Crippen molar-refractivity contribution in [3.63, 3.8) is 0 Å². The van der Waals surface area contributed by atoms with Crippen molar-refractivity contribution in [1.29, 1.82) is 0 Å². The molecule has 3 rings (SSSR count). The molecule has 2 heterocycles. The van der Waals surface area contributed by atoms with Crippen LogP contribution in [0.25, 0.3) is 5.69 Å². The summed E-state index contributed by atoms with van der Waals surface area (Å²) in [4.78, 5) is 12.5. The van der Waals surface area contributed by atoms with E-state index in [4.69, 9.17) is 11.6 Å². The Balaban J connectivity index is 2.45. The molecule has 0 atom stereocenters. The molecule has 0 saturated heterocycles. The van der Waals surface area contributed by atoms with E-state index in [1.54, 1.807) is 0 Å². The fraction of sp³-hybridized carbons (Fsp3) is 0.182. The van der Waals surface area contributed by atoms with Crippen LogP contribution in [0.1, 0.15) is 11.1 Å². The summed E-state index contributed by atoms with van der Waals surface area (Å²) in [6, 6.07) is 0.271. The van der Waals surface area contributed by atoms with Crippen LogP contribution >= 0.6 is 43.5 Å². The number of carbonyl (C=O) groups excluding carboxylic acids is 1. The van der Waals surface area contributed by atoms with Crippen molar-refractivity contribution in [3.8, 4) is 5.69 Å². The van der Waals surface area contributed by atoms with Gasteiger partial charge in [-0.05, 0) is 6.07 Å². The number of aromatic nitrogens is 3. The number of amides is 1. The van der Waals surface area contributed by atoms with Gasteiger partial charge in [-0.15, -0.1) is 9.90 Å². The largest absolute Gasteiger partial charge is 0.418 e. The van der Waals surface area contributed by atoms with Crippen molar-refractivity contribution in [2.45, 2.75) is 9.41 Å². The number of halogens is 7. The van der Waals surface area contributed by atoms with E-state index in [0.29, 0.717) is 4.80 Å². The van der Waals surface area contributed by atoms with Gasteiger partial charge >= 0.3 is 6.18 Å².